The number of alkyl halides is 3. The lowest BCUT2D eigenvalue weighted by atomic mass is 10.1. The fourth-order valence-corrected chi connectivity index (χ4v) is 3.96. The predicted molar refractivity (Wildman–Crippen MR) is 119 cm³/mol. The Bertz CT molecular complexity index is 1300. The molecule has 168 valence electrons. The predicted octanol–water partition coefficient (Wildman–Crippen LogP) is 5.25. The molecule has 2 heterocycles. The Morgan fingerprint density at radius 1 is 1.09 bits per heavy atom. The number of benzene rings is 2. The Hall–Kier alpha value is -3.65. The Labute approximate surface area is 188 Å². The van der Waals surface area contributed by atoms with E-state index in [2.05, 4.69) is 27.9 Å². The molecule has 1 aliphatic rings. The third kappa shape index (κ3) is 4.75. The first-order valence-corrected chi connectivity index (χ1v) is 10.6. The molecule has 1 amide bonds. The maximum Gasteiger partial charge on any atom is 0.416 e. The van der Waals surface area contributed by atoms with Crippen molar-refractivity contribution in [1.29, 1.82) is 0 Å². The van der Waals surface area contributed by atoms with Crippen LogP contribution in [0.4, 0.5) is 18.9 Å². The molecule has 0 radical (unpaired) electrons. The molecule has 33 heavy (non-hydrogen) atoms. The number of rotatable bonds is 6. The lowest BCUT2D eigenvalue weighted by Gasteiger charge is -2.10. The van der Waals surface area contributed by atoms with Crippen LogP contribution in [0.3, 0.4) is 0 Å². The highest BCUT2D eigenvalue weighted by molar-refractivity contribution is 6.04. The van der Waals surface area contributed by atoms with Crippen molar-refractivity contribution in [3.63, 3.8) is 0 Å². The van der Waals surface area contributed by atoms with Gasteiger partial charge in [0.05, 0.1) is 5.56 Å². The number of halogens is 3. The van der Waals surface area contributed by atoms with E-state index in [1.807, 2.05) is 28.8 Å². The fraction of sp³-hybridized carbons (Fsp3) is 0.200. The van der Waals surface area contributed by atoms with Gasteiger partial charge < -0.3 is 15.0 Å². The van der Waals surface area contributed by atoms with Crippen LogP contribution in [0.5, 0.6) is 0 Å². The largest absolute Gasteiger partial charge is 0.416 e. The van der Waals surface area contributed by atoms with Gasteiger partial charge in [0.25, 0.3) is 5.91 Å². The van der Waals surface area contributed by atoms with Crippen LogP contribution in [0.15, 0.2) is 79.3 Å². The summed E-state index contributed by atoms with van der Waals surface area (Å²) in [5.74, 6) is -0.176. The second-order valence-electron chi connectivity index (χ2n) is 8.21. The number of carbonyl (C=O) groups is 1. The molecule has 1 saturated carbocycles. The van der Waals surface area contributed by atoms with Crippen LogP contribution in [-0.4, -0.2) is 21.3 Å². The highest BCUT2D eigenvalue weighted by Gasteiger charge is 2.37. The number of carbonyl (C=O) groups excluding carboxylic acids is 1. The fourth-order valence-electron chi connectivity index (χ4n) is 3.96. The first-order chi connectivity index (χ1) is 15.9. The minimum atomic E-state index is -4.49. The van der Waals surface area contributed by atoms with Gasteiger partial charge in [-0.25, -0.2) is 4.98 Å². The summed E-state index contributed by atoms with van der Waals surface area (Å²) in [5.41, 5.74) is 2.92. The van der Waals surface area contributed by atoms with Crippen molar-refractivity contribution >= 4 is 17.2 Å². The first kappa shape index (κ1) is 21.2. The number of hydrogen-bond acceptors (Lipinski definition) is 3. The summed E-state index contributed by atoms with van der Waals surface area (Å²) in [7, 11) is 0. The number of anilines is 1. The van der Waals surface area contributed by atoms with E-state index in [-0.39, 0.29) is 5.56 Å². The van der Waals surface area contributed by atoms with E-state index in [0.717, 1.165) is 36.3 Å². The zero-order valence-electron chi connectivity index (χ0n) is 17.5. The Kier molecular flexibility index (Phi) is 5.38. The van der Waals surface area contributed by atoms with Gasteiger partial charge in [0.2, 0.25) is 0 Å². The molecule has 0 spiro atoms. The summed E-state index contributed by atoms with van der Waals surface area (Å²) in [6.07, 6.45) is 2.30. The van der Waals surface area contributed by atoms with Gasteiger partial charge in [-0.3, -0.25) is 4.79 Å². The van der Waals surface area contributed by atoms with Gasteiger partial charge in [0.15, 0.2) is 0 Å². The summed E-state index contributed by atoms with van der Waals surface area (Å²) in [4.78, 5) is 16.6. The van der Waals surface area contributed by atoms with Crippen molar-refractivity contribution in [2.45, 2.75) is 31.1 Å². The summed E-state index contributed by atoms with van der Waals surface area (Å²) in [6, 6.07) is 16.3. The number of hydrogen-bond donors (Lipinski definition) is 2. The topological polar surface area (TPSA) is 58.4 Å². The zero-order valence-corrected chi connectivity index (χ0v) is 17.5. The summed E-state index contributed by atoms with van der Waals surface area (Å²) in [6.45, 7) is 0.764. The molecule has 0 saturated heterocycles. The second-order valence-corrected chi connectivity index (χ2v) is 8.21. The lowest BCUT2D eigenvalue weighted by Crippen LogP contribution is -2.17. The minimum Gasteiger partial charge on any atom is -0.322 e. The molecule has 0 aliphatic heterocycles. The molecule has 2 N–H and O–H groups in total. The monoisotopic (exact) mass is 450 g/mol. The third-order valence-electron chi connectivity index (χ3n) is 5.86. The molecule has 5 rings (SSSR count). The Morgan fingerprint density at radius 3 is 2.70 bits per heavy atom. The first-order valence-electron chi connectivity index (χ1n) is 10.6. The van der Waals surface area contributed by atoms with E-state index < -0.39 is 17.6 Å². The number of aromatic nitrogens is 2. The maximum atomic E-state index is 12.9. The van der Waals surface area contributed by atoms with E-state index >= 15 is 0 Å². The van der Waals surface area contributed by atoms with E-state index in [1.54, 1.807) is 18.3 Å². The Balaban J connectivity index is 1.16. The maximum absolute atomic E-state index is 12.9. The van der Waals surface area contributed by atoms with Crippen LogP contribution >= 0.6 is 0 Å². The van der Waals surface area contributed by atoms with Gasteiger partial charge in [0, 0.05) is 48.3 Å². The molecule has 0 unspecified atom stereocenters. The number of pyridine rings is 1. The van der Waals surface area contributed by atoms with E-state index in [1.165, 1.54) is 17.7 Å². The van der Waals surface area contributed by atoms with E-state index in [4.69, 9.17) is 0 Å². The SMILES string of the molecule is O=C(Nc1ccc([C@@H]2C[C@H]2NCc2ccc3nccn3c2)cc1)c1cccc(C(F)(F)F)c1. The average Bonchev–Trinajstić information content (AvgIpc) is 3.43. The van der Waals surface area contributed by atoms with Gasteiger partial charge in [-0.15, -0.1) is 0 Å². The molecule has 2 atom stereocenters. The second kappa shape index (κ2) is 8.37. The molecule has 5 nitrogen and oxygen atoms in total. The molecule has 8 heteroatoms. The van der Waals surface area contributed by atoms with Crippen LogP contribution in [0, 0.1) is 0 Å². The molecular weight excluding hydrogens is 429 g/mol. The van der Waals surface area contributed by atoms with E-state index in [0.29, 0.717) is 17.6 Å². The van der Waals surface area contributed by atoms with Crippen molar-refractivity contribution in [3.8, 4) is 0 Å². The van der Waals surface area contributed by atoms with Crippen LogP contribution in [0.25, 0.3) is 5.65 Å². The highest BCUT2D eigenvalue weighted by Crippen LogP contribution is 2.41. The number of amides is 1. The number of nitrogens with one attached hydrogen (secondary N) is 2. The van der Waals surface area contributed by atoms with Gasteiger partial charge in [-0.1, -0.05) is 24.3 Å². The molecule has 0 bridgehead atoms. The number of nitrogens with zero attached hydrogens (tertiary/aromatic N) is 2. The minimum absolute atomic E-state index is 0.0331. The van der Waals surface area contributed by atoms with E-state index in [9.17, 15) is 18.0 Å². The zero-order chi connectivity index (χ0) is 23.0. The van der Waals surface area contributed by atoms with Crippen molar-refractivity contribution in [2.75, 3.05) is 5.32 Å². The van der Waals surface area contributed by atoms with Crippen molar-refractivity contribution in [3.05, 3.63) is 102 Å². The quantitative estimate of drug-likeness (QED) is 0.422. The van der Waals surface area contributed by atoms with Crippen LogP contribution in [0.1, 0.15) is 39.4 Å². The van der Waals surface area contributed by atoms with Crippen LogP contribution < -0.4 is 10.6 Å². The molecule has 1 aliphatic carbocycles. The normalized spacial score (nSPS) is 17.8. The summed E-state index contributed by atoms with van der Waals surface area (Å²) < 4.78 is 40.6. The summed E-state index contributed by atoms with van der Waals surface area (Å²) in [5, 5.41) is 6.23. The van der Waals surface area contributed by atoms with Crippen molar-refractivity contribution < 1.29 is 18.0 Å². The number of imidazole rings is 1. The number of fused-ring (bicyclic) bond motifs is 1. The van der Waals surface area contributed by atoms with Gasteiger partial charge >= 0.3 is 6.18 Å². The Morgan fingerprint density at radius 2 is 1.91 bits per heavy atom. The molecule has 4 aromatic rings. The lowest BCUT2D eigenvalue weighted by molar-refractivity contribution is -0.137. The molecule has 1 fully saturated rings. The average molecular weight is 450 g/mol. The van der Waals surface area contributed by atoms with Crippen molar-refractivity contribution in [2.24, 2.45) is 0 Å². The third-order valence-corrected chi connectivity index (χ3v) is 5.86. The van der Waals surface area contributed by atoms with Gasteiger partial charge in [-0.05, 0) is 53.9 Å². The molecule has 2 aromatic heterocycles. The van der Waals surface area contributed by atoms with Gasteiger partial charge in [0.1, 0.15) is 5.65 Å². The van der Waals surface area contributed by atoms with Crippen LogP contribution in [0.2, 0.25) is 0 Å². The van der Waals surface area contributed by atoms with Crippen LogP contribution in [-0.2, 0) is 12.7 Å². The highest BCUT2D eigenvalue weighted by atomic mass is 19.4. The van der Waals surface area contributed by atoms with Gasteiger partial charge in [-0.2, -0.15) is 13.2 Å². The van der Waals surface area contributed by atoms with Crippen molar-refractivity contribution in [1.82, 2.24) is 14.7 Å². The summed E-state index contributed by atoms with van der Waals surface area (Å²) >= 11 is 0. The molecular formula is C25H21F3N4O. The smallest absolute Gasteiger partial charge is 0.322 e. The standard InChI is InChI=1S/C25H21F3N4O/c26-25(27,28)19-3-1-2-18(12-19)24(33)31-20-7-5-17(6-8-20)21-13-22(21)30-14-16-4-9-23-29-10-11-32(23)15-16/h1-12,15,21-22,30H,13-14H2,(H,31,33)/t21-,22+/m0/s1. The molecule has 2 aromatic carbocycles.